The zero-order chi connectivity index (χ0) is 23.8. The fraction of sp³-hybridized carbons (Fsp3) is 0.542. The number of carbonyl (C=O) groups excluding carboxylic acids is 2. The predicted molar refractivity (Wildman–Crippen MR) is 126 cm³/mol. The highest BCUT2D eigenvalue weighted by Crippen LogP contribution is 2.33. The van der Waals surface area contributed by atoms with E-state index in [9.17, 15) is 9.59 Å². The molecule has 184 valence electrons. The molecule has 0 unspecified atom stereocenters. The lowest BCUT2D eigenvalue weighted by Gasteiger charge is -2.43. The number of rotatable bonds is 3. The molecule has 2 aromatic heterocycles. The number of benzene rings is 1. The van der Waals surface area contributed by atoms with Gasteiger partial charge in [-0.1, -0.05) is 0 Å². The molecule has 3 aliphatic rings. The number of thiazole rings is 1. The standard InChI is InChI=1S/C24H27N5O5S/c30-22(17-2-3-18-19(14-17)27-34-26-18)28-8-4-16(5-9-28)21-25-20(15-35-21)23(31)29-10-6-24(7-11-29)32-12-1-13-33-24/h2-3,14-16H,1,4-13H2. The van der Waals surface area contributed by atoms with Crippen molar-refractivity contribution in [2.75, 3.05) is 39.4 Å². The smallest absolute Gasteiger partial charge is 0.273 e. The van der Waals surface area contributed by atoms with E-state index in [1.54, 1.807) is 29.5 Å². The number of aromatic nitrogens is 3. The molecule has 0 radical (unpaired) electrons. The summed E-state index contributed by atoms with van der Waals surface area (Å²) >= 11 is 1.54. The van der Waals surface area contributed by atoms with Crippen molar-refractivity contribution in [1.82, 2.24) is 25.1 Å². The molecule has 0 bridgehead atoms. The van der Waals surface area contributed by atoms with Crippen molar-refractivity contribution < 1.29 is 23.7 Å². The average molecular weight is 498 g/mol. The first kappa shape index (κ1) is 22.6. The van der Waals surface area contributed by atoms with E-state index in [4.69, 9.17) is 19.1 Å². The lowest BCUT2D eigenvalue weighted by atomic mass is 9.97. The zero-order valence-electron chi connectivity index (χ0n) is 19.4. The van der Waals surface area contributed by atoms with Crippen LogP contribution < -0.4 is 0 Å². The summed E-state index contributed by atoms with van der Waals surface area (Å²) in [5.74, 6) is -0.298. The van der Waals surface area contributed by atoms with Crippen LogP contribution >= 0.6 is 11.3 Å². The van der Waals surface area contributed by atoms with E-state index in [2.05, 4.69) is 10.3 Å². The van der Waals surface area contributed by atoms with Crippen molar-refractivity contribution in [3.8, 4) is 0 Å². The molecule has 0 aliphatic carbocycles. The number of likely N-dealkylation sites (tertiary alicyclic amines) is 2. The number of nitrogens with zero attached hydrogens (tertiary/aromatic N) is 5. The van der Waals surface area contributed by atoms with Gasteiger partial charge in [0.2, 0.25) is 0 Å². The molecule has 1 aromatic carbocycles. The molecule has 3 saturated heterocycles. The summed E-state index contributed by atoms with van der Waals surface area (Å²) in [6, 6.07) is 5.22. The minimum atomic E-state index is -0.509. The molecule has 3 aromatic rings. The Morgan fingerprint density at radius 2 is 1.66 bits per heavy atom. The Hall–Kier alpha value is -2.89. The van der Waals surface area contributed by atoms with Crippen LogP contribution in [0.15, 0.2) is 28.2 Å². The van der Waals surface area contributed by atoms with E-state index >= 15 is 0 Å². The molecule has 35 heavy (non-hydrogen) atoms. The van der Waals surface area contributed by atoms with Gasteiger partial charge in [0.15, 0.2) is 5.79 Å². The lowest BCUT2D eigenvalue weighted by molar-refractivity contribution is -0.281. The van der Waals surface area contributed by atoms with Crippen LogP contribution in [0.5, 0.6) is 0 Å². The Kier molecular flexibility index (Phi) is 5.99. The van der Waals surface area contributed by atoms with Crippen LogP contribution in [0.25, 0.3) is 11.0 Å². The quantitative estimate of drug-likeness (QED) is 0.543. The summed E-state index contributed by atoms with van der Waals surface area (Å²) < 4.78 is 16.5. The van der Waals surface area contributed by atoms with Crippen LogP contribution in [0.3, 0.4) is 0 Å². The topological polar surface area (TPSA) is 111 Å². The van der Waals surface area contributed by atoms with Crippen LogP contribution in [0.1, 0.15) is 63.9 Å². The van der Waals surface area contributed by atoms with E-state index in [0.717, 1.165) is 37.5 Å². The Bertz CT molecular complexity index is 1220. The van der Waals surface area contributed by atoms with Gasteiger partial charge in [-0.3, -0.25) is 9.59 Å². The third kappa shape index (κ3) is 4.43. The van der Waals surface area contributed by atoms with Crippen LogP contribution in [0.2, 0.25) is 0 Å². The van der Waals surface area contributed by atoms with Crippen LogP contribution in [0, 0.1) is 0 Å². The fourth-order valence-electron chi connectivity index (χ4n) is 5.12. The molecule has 1 spiro atoms. The molecule has 11 heteroatoms. The summed E-state index contributed by atoms with van der Waals surface area (Å²) in [6.45, 7) is 3.97. The number of hydrogen-bond acceptors (Lipinski definition) is 9. The van der Waals surface area contributed by atoms with Crippen molar-refractivity contribution in [3.63, 3.8) is 0 Å². The summed E-state index contributed by atoms with van der Waals surface area (Å²) in [7, 11) is 0. The largest absolute Gasteiger partial charge is 0.350 e. The van der Waals surface area contributed by atoms with Gasteiger partial charge in [-0.25, -0.2) is 9.61 Å². The minimum Gasteiger partial charge on any atom is -0.350 e. The first-order valence-corrected chi connectivity index (χ1v) is 13.0. The van der Waals surface area contributed by atoms with Gasteiger partial charge < -0.3 is 19.3 Å². The first-order valence-electron chi connectivity index (χ1n) is 12.1. The van der Waals surface area contributed by atoms with Crippen molar-refractivity contribution in [2.24, 2.45) is 0 Å². The van der Waals surface area contributed by atoms with E-state index in [1.165, 1.54) is 0 Å². The van der Waals surface area contributed by atoms with E-state index < -0.39 is 5.79 Å². The molecule has 3 fully saturated rings. The monoisotopic (exact) mass is 497 g/mol. The van der Waals surface area contributed by atoms with Crippen LogP contribution in [-0.2, 0) is 9.47 Å². The molecule has 3 aliphatic heterocycles. The molecule has 2 amide bonds. The second-order valence-corrected chi connectivity index (χ2v) is 10.2. The second kappa shape index (κ2) is 9.29. The molecule has 5 heterocycles. The summed E-state index contributed by atoms with van der Waals surface area (Å²) in [5.41, 5.74) is 2.31. The predicted octanol–water partition coefficient (Wildman–Crippen LogP) is 3.07. The SMILES string of the molecule is O=C(c1ccc2nonc2c1)N1CCC(c2nc(C(=O)N3CCC4(CC3)OCCCO4)cs2)CC1. The number of fused-ring (bicyclic) bond motifs is 1. The molecular weight excluding hydrogens is 470 g/mol. The van der Waals surface area contributed by atoms with Gasteiger partial charge in [-0.05, 0) is 47.8 Å². The highest BCUT2D eigenvalue weighted by Gasteiger charge is 2.40. The number of carbonyl (C=O) groups is 2. The second-order valence-electron chi connectivity index (χ2n) is 9.36. The van der Waals surface area contributed by atoms with Gasteiger partial charge in [0.1, 0.15) is 16.7 Å². The summed E-state index contributed by atoms with van der Waals surface area (Å²) in [6.07, 6.45) is 3.96. The summed E-state index contributed by atoms with van der Waals surface area (Å²) in [5, 5.41) is 10.5. The first-order chi connectivity index (χ1) is 17.1. The molecule has 0 N–H and O–H groups in total. The van der Waals surface area contributed by atoms with E-state index in [1.807, 2.05) is 15.2 Å². The van der Waals surface area contributed by atoms with Crippen molar-refractivity contribution >= 4 is 34.2 Å². The van der Waals surface area contributed by atoms with Crippen molar-refractivity contribution in [1.29, 1.82) is 0 Å². The molecule has 10 nitrogen and oxygen atoms in total. The maximum atomic E-state index is 13.1. The molecule has 0 saturated carbocycles. The van der Waals surface area contributed by atoms with Gasteiger partial charge in [0.05, 0.1) is 18.2 Å². The molecular formula is C24H27N5O5S. The van der Waals surface area contributed by atoms with Crippen molar-refractivity contribution in [2.45, 2.75) is 43.8 Å². The van der Waals surface area contributed by atoms with Gasteiger partial charge in [-0.15, -0.1) is 11.3 Å². The van der Waals surface area contributed by atoms with E-state index in [-0.39, 0.29) is 17.7 Å². The number of hydrogen-bond donors (Lipinski definition) is 0. The van der Waals surface area contributed by atoms with Gasteiger partial charge in [0.25, 0.3) is 11.8 Å². The Balaban J connectivity index is 1.04. The zero-order valence-corrected chi connectivity index (χ0v) is 20.2. The summed E-state index contributed by atoms with van der Waals surface area (Å²) in [4.78, 5) is 34.4. The third-order valence-electron chi connectivity index (χ3n) is 7.20. The Morgan fingerprint density at radius 1 is 0.943 bits per heavy atom. The highest BCUT2D eigenvalue weighted by atomic mass is 32.1. The third-order valence-corrected chi connectivity index (χ3v) is 8.21. The van der Waals surface area contributed by atoms with Gasteiger partial charge in [0, 0.05) is 55.9 Å². The minimum absolute atomic E-state index is 0.0165. The molecule has 6 rings (SSSR count). The van der Waals surface area contributed by atoms with E-state index in [0.29, 0.717) is 61.3 Å². The number of ether oxygens (including phenoxy) is 2. The Morgan fingerprint density at radius 3 is 2.43 bits per heavy atom. The average Bonchev–Trinajstić information content (AvgIpc) is 3.59. The Labute approximate surface area is 206 Å². The van der Waals surface area contributed by atoms with Crippen molar-refractivity contribution in [3.05, 3.63) is 39.8 Å². The highest BCUT2D eigenvalue weighted by molar-refractivity contribution is 7.09. The van der Waals surface area contributed by atoms with Gasteiger partial charge in [-0.2, -0.15) is 0 Å². The maximum Gasteiger partial charge on any atom is 0.273 e. The normalized spacial score (nSPS) is 21.0. The maximum absolute atomic E-state index is 13.1. The lowest BCUT2D eigenvalue weighted by Crippen LogP contribution is -2.51. The molecule has 0 atom stereocenters. The number of piperidine rings is 2. The number of amides is 2. The van der Waals surface area contributed by atoms with Crippen LogP contribution in [-0.4, -0.2) is 82.1 Å². The van der Waals surface area contributed by atoms with Crippen LogP contribution in [0.4, 0.5) is 0 Å². The van der Waals surface area contributed by atoms with Gasteiger partial charge >= 0.3 is 0 Å². The fourth-order valence-corrected chi connectivity index (χ4v) is 6.08.